The molecule has 2 aromatic rings. The molecule has 0 saturated carbocycles. The van der Waals surface area contributed by atoms with E-state index < -0.39 is 10.5 Å². The molecule has 6 nitrogen and oxygen atoms in total. The molecular formula is C14H14BrN3O3. The van der Waals surface area contributed by atoms with Gasteiger partial charge in [-0.05, 0) is 28.4 Å². The van der Waals surface area contributed by atoms with Crippen LogP contribution in [-0.4, -0.2) is 21.6 Å². The topological polar surface area (TPSA) is 88.3 Å². The molecule has 110 valence electrons. The Labute approximate surface area is 130 Å². The number of anilines is 1. The first-order valence-electron chi connectivity index (χ1n) is 6.21. The number of benzene rings is 1. The molecule has 0 aliphatic heterocycles. The lowest BCUT2D eigenvalue weighted by molar-refractivity contribution is -0.385. The van der Waals surface area contributed by atoms with Gasteiger partial charge in [0.2, 0.25) is 0 Å². The lowest BCUT2D eigenvalue weighted by Gasteiger charge is -2.30. The van der Waals surface area contributed by atoms with E-state index in [2.05, 4.69) is 26.2 Å². The molecule has 1 unspecified atom stereocenters. The second kappa shape index (κ2) is 6.19. The Kier molecular flexibility index (Phi) is 4.54. The van der Waals surface area contributed by atoms with Gasteiger partial charge in [0.05, 0.1) is 21.5 Å². The Morgan fingerprint density at radius 2 is 2.10 bits per heavy atom. The maximum absolute atomic E-state index is 10.7. The van der Waals surface area contributed by atoms with Crippen molar-refractivity contribution in [1.29, 1.82) is 0 Å². The Morgan fingerprint density at radius 1 is 1.43 bits per heavy atom. The molecule has 0 radical (unpaired) electrons. The van der Waals surface area contributed by atoms with Crippen molar-refractivity contribution in [2.75, 3.05) is 11.9 Å². The molecule has 0 saturated heterocycles. The Balaban J connectivity index is 2.33. The maximum atomic E-state index is 10.7. The number of aromatic nitrogens is 1. The lowest BCUT2D eigenvalue weighted by Crippen LogP contribution is -2.36. The van der Waals surface area contributed by atoms with E-state index in [0.717, 1.165) is 5.56 Å². The number of pyridine rings is 1. The maximum Gasteiger partial charge on any atom is 0.288 e. The summed E-state index contributed by atoms with van der Waals surface area (Å²) in [5.41, 5.74) is 0.0461. The van der Waals surface area contributed by atoms with E-state index in [1.807, 2.05) is 37.3 Å². The highest BCUT2D eigenvalue weighted by Gasteiger charge is 2.27. The number of hydrogen-bond donors (Lipinski definition) is 2. The number of nitrogens with one attached hydrogen (secondary N) is 1. The zero-order valence-electron chi connectivity index (χ0n) is 11.3. The summed E-state index contributed by atoms with van der Waals surface area (Å²) in [6.07, 6.45) is 1.18. The largest absolute Gasteiger partial charge is 0.394 e. The third-order valence-corrected chi connectivity index (χ3v) is 3.76. The number of hydrogen-bond acceptors (Lipinski definition) is 5. The summed E-state index contributed by atoms with van der Waals surface area (Å²) in [5, 5.41) is 23.6. The fourth-order valence-corrected chi connectivity index (χ4v) is 2.33. The fraction of sp³-hybridized carbons (Fsp3) is 0.214. The van der Waals surface area contributed by atoms with Crippen LogP contribution < -0.4 is 5.32 Å². The molecule has 0 fully saturated rings. The van der Waals surface area contributed by atoms with Gasteiger partial charge in [-0.15, -0.1) is 0 Å². The van der Waals surface area contributed by atoms with Gasteiger partial charge in [0.15, 0.2) is 0 Å². The summed E-state index contributed by atoms with van der Waals surface area (Å²) in [7, 11) is 0. The molecule has 1 aromatic heterocycles. The average Bonchev–Trinajstić information content (AvgIpc) is 2.50. The van der Waals surface area contributed by atoms with Crippen LogP contribution >= 0.6 is 15.9 Å². The van der Waals surface area contributed by atoms with Gasteiger partial charge in [-0.3, -0.25) is 10.1 Å². The van der Waals surface area contributed by atoms with Gasteiger partial charge in [0.25, 0.3) is 5.69 Å². The third-order valence-electron chi connectivity index (χ3n) is 3.16. The zero-order chi connectivity index (χ0) is 15.5. The molecule has 1 aromatic carbocycles. The monoisotopic (exact) mass is 351 g/mol. The zero-order valence-corrected chi connectivity index (χ0v) is 12.9. The van der Waals surface area contributed by atoms with Crippen molar-refractivity contribution in [3.63, 3.8) is 0 Å². The van der Waals surface area contributed by atoms with Crippen molar-refractivity contribution >= 4 is 27.4 Å². The van der Waals surface area contributed by atoms with Crippen LogP contribution in [0.25, 0.3) is 0 Å². The van der Waals surface area contributed by atoms with E-state index >= 15 is 0 Å². The Bertz CT molecular complexity index is 651. The van der Waals surface area contributed by atoms with Gasteiger partial charge in [-0.25, -0.2) is 4.98 Å². The number of rotatable bonds is 5. The van der Waals surface area contributed by atoms with Crippen LogP contribution in [0.3, 0.4) is 0 Å². The van der Waals surface area contributed by atoms with E-state index in [9.17, 15) is 15.2 Å². The van der Waals surface area contributed by atoms with Crippen molar-refractivity contribution in [3.8, 4) is 0 Å². The molecule has 7 heteroatoms. The van der Waals surface area contributed by atoms with Gasteiger partial charge in [0.1, 0.15) is 12.0 Å². The summed E-state index contributed by atoms with van der Waals surface area (Å²) >= 11 is 3.26. The molecule has 21 heavy (non-hydrogen) atoms. The van der Waals surface area contributed by atoms with Crippen molar-refractivity contribution in [2.45, 2.75) is 12.5 Å². The predicted molar refractivity (Wildman–Crippen MR) is 83.1 cm³/mol. The van der Waals surface area contributed by atoms with Crippen LogP contribution in [0.2, 0.25) is 0 Å². The molecule has 0 bridgehead atoms. The predicted octanol–water partition coefficient (Wildman–Crippen LogP) is 3.07. The summed E-state index contributed by atoms with van der Waals surface area (Å²) in [4.78, 5) is 14.2. The van der Waals surface area contributed by atoms with E-state index in [0.29, 0.717) is 10.3 Å². The number of aliphatic hydroxyl groups is 1. The Morgan fingerprint density at radius 3 is 2.62 bits per heavy atom. The van der Waals surface area contributed by atoms with Crippen LogP contribution in [0.15, 0.2) is 47.1 Å². The number of aliphatic hydroxyl groups excluding tert-OH is 1. The minimum absolute atomic E-state index is 0.0992. The molecule has 0 amide bonds. The highest BCUT2D eigenvalue weighted by Crippen LogP contribution is 2.30. The van der Waals surface area contributed by atoms with Gasteiger partial charge >= 0.3 is 0 Å². The molecule has 1 heterocycles. The Hall–Kier alpha value is -1.99. The van der Waals surface area contributed by atoms with Gasteiger partial charge < -0.3 is 10.4 Å². The van der Waals surface area contributed by atoms with Crippen molar-refractivity contribution in [3.05, 3.63) is 62.7 Å². The van der Waals surface area contributed by atoms with Crippen molar-refractivity contribution in [1.82, 2.24) is 4.98 Å². The highest BCUT2D eigenvalue weighted by atomic mass is 79.9. The van der Waals surface area contributed by atoms with Crippen LogP contribution in [0.4, 0.5) is 11.5 Å². The summed E-state index contributed by atoms with van der Waals surface area (Å²) in [5.74, 6) is 0.431. The van der Waals surface area contributed by atoms with E-state index in [4.69, 9.17) is 0 Å². The quantitative estimate of drug-likeness (QED) is 0.638. The average molecular weight is 352 g/mol. The van der Waals surface area contributed by atoms with Gasteiger partial charge in [-0.2, -0.15) is 0 Å². The van der Waals surface area contributed by atoms with E-state index in [1.165, 1.54) is 12.3 Å². The van der Waals surface area contributed by atoms with Crippen molar-refractivity contribution in [2.24, 2.45) is 0 Å². The summed E-state index contributed by atoms with van der Waals surface area (Å²) in [6, 6.07) is 10.8. The first-order valence-corrected chi connectivity index (χ1v) is 7.00. The van der Waals surface area contributed by atoms with Crippen LogP contribution in [-0.2, 0) is 5.54 Å². The second-order valence-electron chi connectivity index (χ2n) is 4.76. The van der Waals surface area contributed by atoms with Crippen molar-refractivity contribution < 1.29 is 10.0 Å². The lowest BCUT2D eigenvalue weighted by atomic mass is 9.93. The summed E-state index contributed by atoms with van der Waals surface area (Å²) < 4.78 is 0.465. The normalized spacial score (nSPS) is 13.5. The minimum Gasteiger partial charge on any atom is -0.394 e. The molecule has 2 rings (SSSR count). The number of nitrogens with zero attached hydrogens (tertiary/aromatic N) is 2. The smallest absolute Gasteiger partial charge is 0.288 e. The molecule has 1 atom stereocenters. The fourth-order valence-electron chi connectivity index (χ4n) is 1.89. The standard InChI is InChI=1S/C14H14BrN3O3/c1-14(9-19,10-5-3-2-4-6-10)17-13-12(15)7-11(8-16-13)18(20)21/h2-8,19H,9H2,1H3,(H,16,17). The minimum atomic E-state index is -0.743. The second-order valence-corrected chi connectivity index (χ2v) is 5.62. The number of nitro groups is 1. The molecular weight excluding hydrogens is 338 g/mol. The third kappa shape index (κ3) is 3.37. The van der Waals surface area contributed by atoms with Crippen LogP contribution in [0.1, 0.15) is 12.5 Å². The molecule has 0 spiro atoms. The SMILES string of the molecule is CC(CO)(Nc1ncc([N+](=O)[O-])cc1Br)c1ccccc1. The summed E-state index contributed by atoms with van der Waals surface area (Å²) in [6.45, 7) is 1.68. The molecule has 0 aliphatic rings. The first-order chi connectivity index (χ1) is 9.96. The van der Waals surface area contributed by atoms with Gasteiger partial charge in [0, 0.05) is 6.07 Å². The number of halogens is 1. The van der Waals surface area contributed by atoms with E-state index in [-0.39, 0.29) is 12.3 Å². The van der Waals surface area contributed by atoms with Crippen LogP contribution in [0.5, 0.6) is 0 Å². The van der Waals surface area contributed by atoms with Gasteiger partial charge in [-0.1, -0.05) is 30.3 Å². The first kappa shape index (κ1) is 15.4. The molecule has 0 aliphatic carbocycles. The van der Waals surface area contributed by atoms with Crippen LogP contribution in [0, 0.1) is 10.1 Å². The van der Waals surface area contributed by atoms with E-state index in [1.54, 1.807) is 0 Å². The highest BCUT2D eigenvalue weighted by molar-refractivity contribution is 9.10. The molecule has 2 N–H and O–H groups in total.